The van der Waals surface area contributed by atoms with E-state index in [9.17, 15) is 0 Å². The number of hydrogen-bond donors (Lipinski definition) is 1. The molecular weight excluding hydrogens is 190 g/mol. The molecule has 1 aliphatic rings. The molecule has 0 aromatic carbocycles. The lowest BCUT2D eigenvalue weighted by Crippen LogP contribution is -2.35. The van der Waals surface area contributed by atoms with Crippen LogP contribution in [0.2, 0.25) is 0 Å². The van der Waals surface area contributed by atoms with Crippen molar-refractivity contribution in [2.24, 2.45) is 5.41 Å². The average molecular weight is 215 g/mol. The zero-order chi connectivity index (χ0) is 10.6. The van der Waals surface area contributed by atoms with E-state index in [-0.39, 0.29) is 0 Å². The zero-order valence-corrected chi connectivity index (χ0v) is 10.9. The summed E-state index contributed by atoms with van der Waals surface area (Å²) in [7, 11) is 0. The molecule has 0 spiro atoms. The molecule has 1 fully saturated rings. The van der Waals surface area contributed by atoms with E-state index in [1.165, 1.54) is 32.2 Å². The first-order valence-electron chi connectivity index (χ1n) is 5.79. The molecular formula is C12H25NS. The van der Waals surface area contributed by atoms with E-state index in [4.69, 9.17) is 0 Å². The van der Waals surface area contributed by atoms with Gasteiger partial charge < -0.3 is 5.32 Å². The van der Waals surface area contributed by atoms with Gasteiger partial charge in [0.1, 0.15) is 0 Å². The summed E-state index contributed by atoms with van der Waals surface area (Å²) in [6, 6.07) is 0.785. The van der Waals surface area contributed by atoms with Crippen molar-refractivity contribution in [1.29, 1.82) is 0 Å². The van der Waals surface area contributed by atoms with Crippen molar-refractivity contribution in [3.63, 3.8) is 0 Å². The van der Waals surface area contributed by atoms with Gasteiger partial charge in [-0.3, -0.25) is 0 Å². The Morgan fingerprint density at radius 2 is 2.00 bits per heavy atom. The maximum Gasteiger partial charge on any atom is 0.0198 e. The highest BCUT2D eigenvalue weighted by atomic mass is 32.2. The third-order valence-electron chi connectivity index (χ3n) is 3.04. The molecule has 0 radical (unpaired) electrons. The smallest absolute Gasteiger partial charge is 0.0198 e. The first-order chi connectivity index (χ1) is 6.53. The quantitative estimate of drug-likeness (QED) is 0.772. The molecule has 0 heterocycles. The van der Waals surface area contributed by atoms with Crippen molar-refractivity contribution in [2.45, 2.75) is 57.7 Å². The molecule has 14 heavy (non-hydrogen) atoms. The fourth-order valence-electron chi connectivity index (χ4n) is 2.07. The summed E-state index contributed by atoms with van der Waals surface area (Å²) < 4.78 is 0. The maximum atomic E-state index is 3.72. The van der Waals surface area contributed by atoms with Crippen LogP contribution in [0.3, 0.4) is 0 Å². The Hall–Kier alpha value is 0.310. The predicted octanol–water partition coefficient (Wildman–Crippen LogP) is 3.30. The van der Waals surface area contributed by atoms with Gasteiger partial charge in [-0.05, 0) is 37.5 Å². The van der Waals surface area contributed by atoms with Crippen LogP contribution in [0.15, 0.2) is 0 Å². The number of rotatable bonds is 4. The average Bonchev–Trinajstić information content (AvgIpc) is 2.49. The van der Waals surface area contributed by atoms with Gasteiger partial charge in [-0.2, -0.15) is 11.8 Å². The van der Waals surface area contributed by atoms with Gasteiger partial charge >= 0.3 is 0 Å². The van der Waals surface area contributed by atoms with Crippen molar-refractivity contribution in [3.05, 3.63) is 0 Å². The van der Waals surface area contributed by atoms with E-state index < -0.39 is 0 Å². The molecule has 1 nitrogen and oxygen atoms in total. The molecule has 1 rings (SSSR count). The Morgan fingerprint density at radius 3 is 2.57 bits per heavy atom. The lowest BCUT2D eigenvalue weighted by molar-refractivity contribution is 0.355. The van der Waals surface area contributed by atoms with Crippen molar-refractivity contribution in [2.75, 3.05) is 12.8 Å². The first kappa shape index (κ1) is 12.4. The third-order valence-corrected chi connectivity index (χ3v) is 4.21. The van der Waals surface area contributed by atoms with E-state index >= 15 is 0 Å². The van der Waals surface area contributed by atoms with Gasteiger partial charge in [0.2, 0.25) is 0 Å². The van der Waals surface area contributed by atoms with Gasteiger partial charge in [-0.1, -0.05) is 27.2 Å². The Labute approximate surface area is 93.4 Å². The van der Waals surface area contributed by atoms with Crippen LogP contribution in [-0.4, -0.2) is 24.1 Å². The standard InChI is InChI=1S/C12H25NS/c1-12(2,3)8-9-13-10-6-5-7-11(10)14-4/h10-11,13H,5-9H2,1-4H3. The lowest BCUT2D eigenvalue weighted by atomic mass is 9.92. The Morgan fingerprint density at radius 1 is 1.29 bits per heavy atom. The van der Waals surface area contributed by atoms with Crippen LogP contribution in [-0.2, 0) is 0 Å². The second-order valence-corrected chi connectivity index (χ2v) is 6.65. The minimum atomic E-state index is 0.473. The Kier molecular flexibility index (Phi) is 4.78. The molecule has 0 aliphatic heterocycles. The van der Waals surface area contributed by atoms with Crippen LogP contribution in [0.4, 0.5) is 0 Å². The molecule has 0 amide bonds. The molecule has 1 saturated carbocycles. The van der Waals surface area contributed by atoms with Gasteiger partial charge in [-0.15, -0.1) is 0 Å². The van der Waals surface area contributed by atoms with Gasteiger partial charge in [-0.25, -0.2) is 0 Å². The Bertz CT molecular complexity index is 162. The topological polar surface area (TPSA) is 12.0 Å². The minimum Gasteiger partial charge on any atom is -0.313 e. The summed E-state index contributed by atoms with van der Waals surface area (Å²) in [6.07, 6.45) is 7.74. The van der Waals surface area contributed by atoms with Gasteiger partial charge in [0.05, 0.1) is 0 Å². The van der Waals surface area contributed by atoms with Gasteiger partial charge in [0.15, 0.2) is 0 Å². The third kappa shape index (κ3) is 4.22. The van der Waals surface area contributed by atoms with E-state index in [0.29, 0.717) is 5.41 Å². The molecule has 0 aromatic rings. The summed E-state index contributed by atoms with van der Waals surface area (Å²) in [5, 5.41) is 4.59. The normalized spacial score (nSPS) is 28.3. The van der Waals surface area contributed by atoms with Crippen molar-refractivity contribution < 1.29 is 0 Å². The fraction of sp³-hybridized carbons (Fsp3) is 1.00. The number of hydrogen-bond acceptors (Lipinski definition) is 2. The summed E-state index contributed by atoms with van der Waals surface area (Å²) >= 11 is 2.04. The van der Waals surface area contributed by atoms with Crippen LogP contribution in [0, 0.1) is 5.41 Å². The molecule has 1 N–H and O–H groups in total. The molecule has 0 bridgehead atoms. The second kappa shape index (κ2) is 5.41. The zero-order valence-electron chi connectivity index (χ0n) is 10.1. The van der Waals surface area contributed by atoms with E-state index in [2.05, 4.69) is 32.3 Å². The monoisotopic (exact) mass is 215 g/mol. The van der Waals surface area contributed by atoms with Crippen LogP contribution < -0.4 is 5.32 Å². The predicted molar refractivity (Wildman–Crippen MR) is 67.0 cm³/mol. The van der Waals surface area contributed by atoms with E-state index in [0.717, 1.165) is 11.3 Å². The van der Waals surface area contributed by atoms with Gasteiger partial charge in [0, 0.05) is 11.3 Å². The summed E-state index contributed by atoms with van der Waals surface area (Å²) in [4.78, 5) is 0. The van der Waals surface area contributed by atoms with Crippen molar-refractivity contribution in [1.82, 2.24) is 5.32 Å². The SMILES string of the molecule is CSC1CCCC1NCCC(C)(C)C. The Balaban J connectivity index is 2.18. The highest BCUT2D eigenvalue weighted by Gasteiger charge is 2.25. The minimum absolute atomic E-state index is 0.473. The summed E-state index contributed by atoms with van der Waals surface area (Å²) in [5.74, 6) is 0. The van der Waals surface area contributed by atoms with Crippen molar-refractivity contribution >= 4 is 11.8 Å². The van der Waals surface area contributed by atoms with Crippen LogP contribution in [0.5, 0.6) is 0 Å². The molecule has 0 aromatic heterocycles. The van der Waals surface area contributed by atoms with Crippen LogP contribution >= 0.6 is 11.8 Å². The largest absolute Gasteiger partial charge is 0.313 e. The summed E-state index contributed by atoms with van der Waals surface area (Å²) in [6.45, 7) is 8.13. The van der Waals surface area contributed by atoms with E-state index in [1.807, 2.05) is 11.8 Å². The van der Waals surface area contributed by atoms with Crippen LogP contribution in [0.1, 0.15) is 46.5 Å². The van der Waals surface area contributed by atoms with Gasteiger partial charge in [0.25, 0.3) is 0 Å². The molecule has 0 saturated heterocycles. The van der Waals surface area contributed by atoms with Crippen molar-refractivity contribution in [3.8, 4) is 0 Å². The maximum absolute atomic E-state index is 3.72. The molecule has 84 valence electrons. The number of thioether (sulfide) groups is 1. The highest BCUT2D eigenvalue weighted by Crippen LogP contribution is 2.28. The summed E-state index contributed by atoms with van der Waals surface area (Å²) in [5.41, 5.74) is 0.473. The highest BCUT2D eigenvalue weighted by molar-refractivity contribution is 7.99. The fourth-order valence-corrected chi connectivity index (χ4v) is 3.04. The lowest BCUT2D eigenvalue weighted by Gasteiger charge is -2.23. The van der Waals surface area contributed by atoms with Crippen LogP contribution in [0.25, 0.3) is 0 Å². The van der Waals surface area contributed by atoms with E-state index in [1.54, 1.807) is 0 Å². The number of nitrogens with one attached hydrogen (secondary N) is 1. The first-order valence-corrected chi connectivity index (χ1v) is 7.08. The second-order valence-electron chi connectivity index (χ2n) is 5.58. The molecule has 1 aliphatic carbocycles. The molecule has 2 unspecified atom stereocenters. The molecule has 2 heteroatoms. The molecule has 2 atom stereocenters.